The summed E-state index contributed by atoms with van der Waals surface area (Å²) >= 11 is 0. The smallest absolute Gasteiger partial charge is 0.325 e. The number of aliphatic hydroxyl groups is 1. The van der Waals surface area contributed by atoms with Crippen LogP contribution in [0.1, 0.15) is 47.0 Å². The topological polar surface area (TPSA) is 69.6 Å². The maximum atomic E-state index is 12.1. The Morgan fingerprint density at radius 3 is 2.47 bits per heavy atom. The molecule has 5 heteroatoms. The third-order valence-corrected chi connectivity index (χ3v) is 3.04. The Kier molecular flexibility index (Phi) is 3.81. The highest BCUT2D eigenvalue weighted by Gasteiger charge is 2.46. The largest absolute Gasteiger partial charge is 0.390 e. The molecular weight excluding hydrogens is 220 g/mol. The molecule has 1 fully saturated rings. The van der Waals surface area contributed by atoms with Crippen molar-refractivity contribution in [3.63, 3.8) is 0 Å². The molecule has 0 bridgehead atoms. The molecule has 1 heterocycles. The van der Waals surface area contributed by atoms with Crippen molar-refractivity contribution in [2.75, 3.05) is 6.54 Å². The van der Waals surface area contributed by atoms with Crippen molar-refractivity contribution in [1.82, 2.24) is 10.2 Å². The molecule has 0 spiro atoms. The number of hydrogen-bond donors (Lipinski definition) is 2. The summed E-state index contributed by atoms with van der Waals surface area (Å²) in [5, 5.41) is 12.3. The number of hydrogen-bond acceptors (Lipinski definition) is 3. The van der Waals surface area contributed by atoms with Crippen LogP contribution in [0, 0.1) is 0 Å². The molecule has 1 rings (SSSR count). The molecule has 5 nitrogen and oxygen atoms in total. The van der Waals surface area contributed by atoms with E-state index in [1.165, 1.54) is 4.90 Å². The van der Waals surface area contributed by atoms with E-state index in [0.717, 1.165) is 6.42 Å². The van der Waals surface area contributed by atoms with Gasteiger partial charge in [0.15, 0.2) is 0 Å². The normalized spacial score (nSPS) is 25.4. The van der Waals surface area contributed by atoms with Gasteiger partial charge < -0.3 is 10.4 Å². The van der Waals surface area contributed by atoms with E-state index in [0.29, 0.717) is 12.8 Å². The molecule has 98 valence electrons. The minimum Gasteiger partial charge on any atom is -0.390 e. The van der Waals surface area contributed by atoms with Crippen molar-refractivity contribution < 1.29 is 14.7 Å². The first kappa shape index (κ1) is 14.0. The quantitative estimate of drug-likeness (QED) is 0.713. The van der Waals surface area contributed by atoms with Gasteiger partial charge in [-0.3, -0.25) is 9.69 Å². The summed E-state index contributed by atoms with van der Waals surface area (Å²) in [5.41, 5.74) is -1.64. The SMILES string of the molecule is CCC[C@]1(C)NC(=O)N(CCC(C)(C)O)C1=O. The second-order valence-electron chi connectivity index (χ2n) is 5.53. The summed E-state index contributed by atoms with van der Waals surface area (Å²) in [5.74, 6) is -0.186. The summed E-state index contributed by atoms with van der Waals surface area (Å²) in [6.07, 6.45) is 1.85. The third kappa shape index (κ3) is 3.19. The van der Waals surface area contributed by atoms with Gasteiger partial charge in [0.1, 0.15) is 5.54 Å². The number of carbonyl (C=O) groups excluding carboxylic acids is 2. The Bertz CT molecular complexity index is 322. The summed E-state index contributed by atoms with van der Waals surface area (Å²) in [4.78, 5) is 25.0. The second-order valence-corrected chi connectivity index (χ2v) is 5.53. The van der Waals surface area contributed by atoms with Crippen molar-refractivity contribution in [2.45, 2.75) is 58.1 Å². The monoisotopic (exact) mass is 242 g/mol. The van der Waals surface area contributed by atoms with Crippen LogP contribution in [0.3, 0.4) is 0 Å². The number of nitrogens with zero attached hydrogens (tertiary/aromatic N) is 1. The first-order valence-corrected chi connectivity index (χ1v) is 6.06. The first-order chi connectivity index (χ1) is 7.69. The Balaban J connectivity index is 2.69. The van der Waals surface area contributed by atoms with Gasteiger partial charge in [0.2, 0.25) is 0 Å². The van der Waals surface area contributed by atoms with E-state index in [1.807, 2.05) is 6.92 Å². The molecule has 3 amide bonds. The maximum Gasteiger partial charge on any atom is 0.325 e. The number of imide groups is 1. The third-order valence-electron chi connectivity index (χ3n) is 3.04. The molecule has 17 heavy (non-hydrogen) atoms. The Morgan fingerprint density at radius 2 is 2.00 bits per heavy atom. The van der Waals surface area contributed by atoms with E-state index < -0.39 is 11.1 Å². The minimum atomic E-state index is -0.871. The highest BCUT2D eigenvalue weighted by molar-refractivity contribution is 6.06. The number of amides is 3. The van der Waals surface area contributed by atoms with Crippen molar-refractivity contribution in [3.8, 4) is 0 Å². The molecule has 2 N–H and O–H groups in total. The van der Waals surface area contributed by atoms with Crippen LogP contribution in [-0.2, 0) is 4.79 Å². The average molecular weight is 242 g/mol. The van der Waals surface area contributed by atoms with E-state index in [2.05, 4.69) is 5.32 Å². The van der Waals surface area contributed by atoms with E-state index in [9.17, 15) is 14.7 Å². The minimum absolute atomic E-state index is 0.186. The van der Waals surface area contributed by atoms with Gasteiger partial charge in [-0.2, -0.15) is 0 Å². The average Bonchev–Trinajstić information content (AvgIpc) is 2.35. The molecule has 1 atom stereocenters. The van der Waals surface area contributed by atoms with Crippen LogP contribution in [0.15, 0.2) is 0 Å². The standard InChI is InChI=1S/C12H22N2O3/c1-5-6-12(4)9(15)14(10(16)13-12)8-7-11(2,3)17/h17H,5-8H2,1-4H3,(H,13,16)/t12-/m0/s1. The number of urea groups is 1. The predicted molar refractivity (Wildman–Crippen MR) is 64.5 cm³/mol. The van der Waals surface area contributed by atoms with E-state index in [-0.39, 0.29) is 18.5 Å². The molecule has 0 radical (unpaired) electrons. The lowest BCUT2D eigenvalue weighted by atomic mass is 9.96. The van der Waals surface area contributed by atoms with Crippen LogP contribution in [0.4, 0.5) is 4.79 Å². The summed E-state index contributed by atoms with van der Waals surface area (Å²) < 4.78 is 0. The van der Waals surface area contributed by atoms with Gasteiger partial charge in [-0.25, -0.2) is 4.79 Å². The zero-order valence-electron chi connectivity index (χ0n) is 11.0. The van der Waals surface area contributed by atoms with Crippen LogP contribution in [-0.4, -0.2) is 39.6 Å². The van der Waals surface area contributed by atoms with Gasteiger partial charge in [0.05, 0.1) is 5.60 Å². The van der Waals surface area contributed by atoms with Crippen LogP contribution in [0.25, 0.3) is 0 Å². The van der Waals surface area contributed by atoms with Crippen LogP contribution >= 0.6 is 0 Å². The van der Waals surface area contributed by atoms with Gasteiger partial charge in [-0.1, -0.05) is 13.3 Å². The fraction of sp³-hybridized carbons (Fsp3) is 0.833. The van der Waals surface area contributed by atoms with Gasteiger partial charge >= 0.3 is 6.03 Å². The van der Waals surface area contributed by atoms with E-state index in [1.54, 1.807) is 20.8 Å². The van der Waals surface area contributed by atoms with Crippen LogP contribution < -0.4 is 5.32 Å². The van der Waals surface area contributed by atoms with Crippen molar-refractivity contribution in [3.05, 3.63) is 0 Å². The first-order valence-electron chi connectivity index (χ1n) is 6.06. The molecule has 0 aromatic carbocycles. The molecular formula is C12H22N2O3. The van der Waals surface area contributed by atoms with Gasteiger partial charge in [-0.15, -0.1) is 0 Å². The fourth-order valence-electron chi connectivity index (χ4n) is 2.00. The van der Waals surface area contributed by atoms with Crippen LogP contribution in [0.2, 0.25) is 0 Å². The van der Waals surface area contributed by atoms with E-state index in [4.69, 9.17) is 0 Å². The van der Waals surface area contributed by atoms with Crippen molar-refractivity contribution >= 4 is 11.9 Å². The molecule has 1 saturated heterocycles. The molecule has 0 saturated carbocycles. The highest BCUT2D eigenvalue weighted by atomic mass is 16.3. The second kappa shape index (κ2) is 4.64. The molecule has 1 aliphatic heterocycles. The lowest BCUT2D eigenvalue weighted by molar-refractivity contribution is -0.131. The number of rotatable bonds is 5. The lowest BCUT2D eigenvalue weighted by Crippen LogP contribution is -2.44. The van der Waals surface area contributed by atoms with Gasteiger partial charge in [0, 0.05) is 6.54 Å². The molecule has 0 aliphatic carbocycles. The summed E-state index contributed by atoms with van der Waals surface area (Å²) in [6.45, 7) is 7.31. The zero-order chi connectivity index (χ0) is 13.3. The lowest BCUT2D eigenvalue weighted by Gasteiger charge is -2.23. The Morgan fingerprint density at radius 1 is 1.41 bits per heavy atom. The Hall–Kier alpha value is -1.10. The predicted octanol–water partition coefficient (Wildman–Crippen LogP) is 1.26. The number of carbonyl (C=O) groups is 2. The highest BCUT2D eigenvalue weighted by Crippen LogP contribution is 2.23. The van der Waals surface area contributed by atoms with Crippen molar-refractivity contribution in [1.29, 1.82) is 0 Å². The fourth-order valence-corrected chi connectivity index (χ4v) is 2.00. The molecule has 0 unspecified atom stereocenters. The summed E-state index contributed by atoms with van der Waals surface area (Å²) in [6, 6.07) is -0.352. The molecule has 1 aliphatic rings. The molecule has 0 aromatic heterocycles. The van der Waals surface area contributed by atoms with Gasteiger partial charge in [-0.05, 0) is 33.6 Å². The van der Waals surface area contributed by atoms with Gasteiger partial charge in [0.25, 0.3) is 5.91 Å². The van der Waals surface area contributed by atoms with E-state index >= 15 is 0 Å². The summed E-state index contributed by atoms with van der Waals surface area (Å²) in [7, 11) is 0. The van der Waals surface area contributed by atoms with Crippen molar-refractivity contribution in [2.24, 2.45) is 0 Å². The maximum absolute atomic E-state index is 12.1. The molecule has 0 aromatic rings. The zero-order valence-corrected chi connectivity index (χ0v) is 11.0. The number of nitrogens with one attached hydrogen (secondary N) is 1. The van der Waals surface area contributed by atoms with Crippen LogP contribution in [0.5, 0.6) is 0 Å². The Labute approximate surface area is 102 Å².